The van der Waals surface area contributed by atoms with E-state index >= 15 is 0 Å². The van der Waals surface area contributed by atoms with Gasteiger partial charge in [-0.1, -0.05) is 29.8 Å². The summed E-state index contributed by atoms with van der Waals surface area (Å²) in [5.41, 5.74) is 0.633. The van der Waals surface area contributed by atoms with E-state index in [0.29, 0.717) is 22.0 Å². The van der Waals surface area contributed by atoms with Crippen molar-refractivity contribution < 1.29 is 14.4 Å². The lowest BCUT2D eigenvalue weighted by molar-refractivity contribution is -0.130. The summed E-state index contributed by atoms with van der Waals surface area (Å²) in [5, 5.41) is 6.66. The maximum atomic E-state index is 13.4. The zero-order valence-electron chi connectivity index (χ0n) is 14.4. The summed E-state index contributed by atoms with van der Waals surface area (Å²) in [4.78, 5) is 40.8. The largest absolute Gasteiger partial charge is 0.324 e. The molecule has 0 radical (unpaired) electrons. The van der Waals surface area contributed by atoms with Crippen LogP contribution >= 0.6 is 11.6 Å². The van der Waals surface area contributed by atoms with Crippen LogP contribution in [0.15, 0.2) is 48.5 Å². The van der Waals surface area contributed by atoms with Crippen molar-refractivity contribution in [3.05, 3.63) is 59.1 Å². The smallest absolute Gasteiger partial charge is 0.250 e. The van der Waals surface area contributed by atoms with E-state index in [1.807, 2.05) is 25.1 Å². The number of hydrogen-bond acceptors (Lipinski definition) is 4. The molecule has 0 aliphatic carbocycles. The Bertz CT molecular complexity index is 1010. The molecule has 0 saturated carbocycles. The van der Waals surface area contributed by atoms with E-state index in [1.165, 1.54) is 4.90 Å². The minimum absolute atomic E-state index is 0.290. The fourth-order valence-corrected chi connectivity index (χ4v) is 4.89. The number of amides is 3. The summed E-state index contributed by atoms with van der Waals surface area (Å²) in [5.74, 6) is -2.34. The number of imide groups is 1. The molecule has 0 bridgehead atoms. The number of nitrogens with one attached hydrogen (secondary N) is 2. The van der Waals surface area contributed by atoms with E-state index in [9.17, 15) is 14.4 Å². The Hall–Kier alpha value is -2.70. The van der Waals surface area contributed by atoms with Crippen molar-refractivity contribution in [2.24, 2.45) is 11.8 Å². The maximum absolute atomic E-state index is 13.4. The monoisotopic (exact) mass is 381 g/mol. The summed E-state index contributed by atoms with van der Waals surface area (Å²) >= 11 is 5.93. The van der Waals surface area contributed by atoms with Gasteiger partial charge in [-0.15, -0.1) is 0 Å². The van der Waals surface area contributed by atoms with Gasteiger partial charge in [-0.3, -0.25) is 19.7 Å². The molecule has 3 amide bonds. The molecule has 27 heavy (non-hydrogen) atoms. The highest BCUT2D eigenvalue weighted by Gasteiger charge is 2.69. The summed E-state index contributed by atoms with van der Waals surface area (Å²) in [7, 11) is 0. The lowest BCUT2D eigenvalue weighted by atomic mass is 9.76. The standard InChI is InChI=1S/C20H16ClN3O3/c1-10-15-16(18(26)24(17(15)25)12-8-6-11(21)7-9-12)20(23-10)13-4-2-3-5-14(13)22-19(20)27/h2-10,15-16,23H,1H3,(H,22,27). The Balaban J connectivity index is 1.66. The number of carbonyl (C=O) groups excluding carboxylic acids is 3. The highest BCUT2D eigenvalue weighted by molar-refractivity contribution is 6.31. The van der Waals surface area contributed by atoms with Crippen molar-refractivity contribution >= 4 is 40.7 Å². The number of para-hydroxylation sites is 1. The van der Waals surface area contributed by atoms with Gasteiger partial charge in [0.2, 0.25) is 17.7 Å². The fourth-order valence-electron chi connectivity index (χ4n) is 4.76. The Morgan fingerprint density at radius 3 is 2.44 bits per heavy atom. The minimum atomic E-state index is -1.23. The zero-order chi connectivity index (χ0) is 18.9. The van der Waals surface area contributed by atoms with Gasteiger partial charge in [-0.05, 0) is 37.3 Å². The predicted molar refractivity (Wildman–Crippen MR) is 100 cm³/mol. The van der Waals surface area contributed by atoms with Crippen LogP contribution in [0.2, 0.25) is 5.02 Å². The number of hydrogen-bond donors (Lipinski definition) is 2. The zero-order valence-corrected chi connectivity index (χ0v) is 15.2. The van der Waals surface area contributed by atoms with Gasteiger partial charge in [0.25, 0.3) is 0 Å². The second-order valence-electron chi connectivity index (χ2n) is 7.23. The topological polar surface area (TPSA) is 78.5 Å². The van der Waals surface area contributed by atoms with Crippen molar-refractivity contribution in [3.63, 3.8) is 0 Å². The number of rotatable bonds is 1. The van der Waals surface area contributed by atoms with Crippen molar-refractivity contribution in [2.75, 3.05) is 10.2 Å². The minimum Gasteiger partial charge on any atom is -0.324 e. The molecule has 4 unspecified atom stereocenters. The Morgan fingerprint density at radius 1 is 1.00 bits per heavy atom. The molecular weight excluding hydrogens is 366 g/mol. The molecule has 2 aromatic rings. The first-order valence-corrected chi connectivity index (χ1v) is 9.15. The molecule has 3 aliphatic rings. The molecule has 6 nitrogen and oxygen atoms in total. The van der Waals surface area contributed by atoms with E-state index in [0.717, 1.165) is 0 Å². The van der Waals surface area contributed by atoms with E-state index < -0.39 is 17.4 Å². The summed E-state index contributed by atoms with van der Waals surface area (Å²) in [6.45, 7) is 1.84. The van der Waals surface area contributed by atoms with Crippen molar-refractivity contribution in [2.45, 2.75) is 18.5 Å². The van der Waals surface area contributed by atoms with E-state index in [-0.39, 0.29) is 23.8 Å². The van der Waals surface area contributed by atoms with Gasteiger partial charge in [0.15, 0.2) is 0 Å². The van der Waals surface area contributed by atoms with Gasteiger partial charge >= 0.3 is 0 Å². The molecule has 3 aliphatic heterocycles. The molecule has 2 aromatic carbocycles. The molecule has 2 saturated heterocycles. The Labute approximate surface area is 160 Å². The number of nitrogens with zero attached hydrogens (tertiary/aromatic N) is 1. The number of anilines is 2. The average molecular weight is 382 g/mol. The summed E-state index contributed by atoms with van der Waals surface area (Å²) < 4.78 is 0. The van der Waals surface area contributed by atoms with Crippen LogP contribution in [0.4, 0.5) is 11.4 Å². The van der Waals surface area contributed by atoms with Gasteiger partial charge in [0.1, 0.15) is 5.54 Å². The summed E-state index contributed by atoms with van der Waals surface area (Å²) in [6.07, 6.45) is 0. The maximum Gasteiger partial charge on any atom is 0.250 e. The molecule has 2 N–H and O–H groups in total. The van der Waals surface area contributed by atoms with E-state index in [2.05, 4.69) is 10.6 Å². The van der Waals surface area contributed by atoms with Crippen LogP contribution in [0.5, 0.6) is 0 Å². The second-order valence-corrected chi connectivity index (χ2v) is 7.67. The van der Waals surface area contributed by atoms with E-state index in [1.54, 1.807) is 30.3 Å². The van der Waals surface area contributed by atoms with Crippen LogP contribution in [0.3, 0.4) is 0 Å². The first kappa shape index (κ1) is 16.5. The number of carbonyl (C=O) groups is 3. The van der Waals surface area contributed by atoms with Gasteiger partial charge < -0.3 is 5.32 Å². The third kappa shape index (κ3) is 1.97. The van der Waals surface area contributed by atoms with Gasteiger partial charge in [-0.25, -0.2) is 4.90 Å². The number of halogens is 1. The average Bonchev–Trinajstić information content (AvgIpc) is 3.21. The van der Waals surface area contributed by atoms with Crippen LogP contribution in [-0.2, 0) is 19.9 Å². The van der Waals surface area contributed by atoms with Crippen LogP contribution < -0.4 is 15.5 Å². The molecule has 7 heteroatoms. The van der Waals surface area contributed by atoms with Gasteiger partial charge in [0.05, 0.1) is 17.5 Å². The Kier molecular flexibility index (Phi) is 3.30. The van der Waals surface area contributed by atoms with Crippen LogP contribution in [-0.4, -0.2) is 23.8 Å². The van der Waals surface area contributed by atoms with E-state index in [4.69, 9.17) is 11.6 Å². The molecule has 0 aromatic heterocycles. The fraction of sp³-hybridized carbons (Fsp3) is 0.250. The van der Waals surface area contributed by atoms with Crippen molar-refractivity contribution in [1.82, 2.24) is 5.32 Å². The van der Waals surface area contributed by atoms with Crippen LogP contribution in [0, 0.1) is 11.8 Å². The first-order chi connectivity index (χ1) is 12.9. The van der Waals surface area contributed by atoms with Gasteiger partial charge in [-0.2, -0.15) is 0 Å². The quantitative estimate of drug-likeness (QED) is 0.743. The van der Waals surface area contributed by atoms with Crippen LogP contribution in [0.1, 0.15) is 12.5 Å². The molecular formula is C20H16ClN3O3. The third-order valence-electron chi connectivity index (χ3n) is 5.85. The second kappa shape index (κ2) is 5.41. The highest BCUT2D eigenvalue weighted by Crippen LogP contribution is 2.53. The normalized spacial score (nSPS) is 31.4. The SMILES string of the molecule is CC1NC2(C(=O)Nc3ccccc32)C2C(=O)N(c3ccc(Cl)cc3)C(=O)C12. The Morgan fingerprint density at radius 2 is 1.70 bits per heavy atom. The number of fused-ring (bicyclic) bond motifs is 4. The molecule has 5 rings (SSSR count). The molecule has 4 atom stereocenters. The molecule has 136 valence electrons. The molecule has 3 heterocycles. The van der Waals surface area contributed by atoms with Gasteiger partial charge in [0, 0.05) is 22.3 Å². The predicted octanol–water partition coefficient (Wildman–Crippen LogP) is 2.28. The van der Waals surface area contributed by atoms with Crippen molar-refractivity contribution in [1.29, 1.82) is 0 Å². The molecule has 1 spiro atoms. The molecule has 2 fully saturated rings. The first-order valence-electron chi connectivity index (χ1n) is 8.77. The third-order valence-corrected chi connectivity index (χ3v) is 6.11. The van der Waals surface area contributed by atoms with Crippen LogP contribution in [0.25, 0.3) is 0 Å². The van der Waals surface area contributed by atoms with Crippen molar-refractivity contribution in [3.8, 4) is 0 Å². The summed E-state index contributed by atoms with van der Waals surface area (Å²) in [6, 6.07) is 13.5. The highest BCUT2D eigenvalue weighted by atomic mass is 35.5. The lowest BCUT2D eigenvalue weighted by Gasteiger charge is -2.29. The lowest BCUT2D eigenvalue weighted by Crippen LogP contribution is -2.53. The number of benzene rings is 2.